The highest BCUT2D eigenvalue weighted by Gasteiger charge is 2.06. The molecule has 0 saturated carbocycles. The molecule has 0 aliphatic rings. The van der Waals surface area contributed by atoms with Crippen LogP contribution in [-0.4, -0.2) is 17.5 Å². The Bertz CT molecular complexity index is 539. The molecule has 94 valence electrons. The monoisotopic (exact) mass is 282 g/mol. The van der Waals surface area contributed by atoms with Gasteiger partial charge in [-0.15, -0.1) is 11.3 Å². The highest BCUT2D eigenvalue weighted by molar-refractivity contribution is 7.15. The number of benzene rings is 1. The molecule has 0 bridgehead atoms. The normalized spacial score (nSPS) is 10.1. The summed E-state index contributed by atoms with van der Waals surface area (Å²) in [6.07, 6.45) is 1.71. The van der Waals surface area contributed by atoms with Gasteiger partial charge in [0.2, 0.25) is 0 Å². The van der Waals surface area contributed by atoms with Gasteiger partial charge in [-0.3, -0.25) is 10.1 Å². The van der Waals surface area contributed by atoms with Crippen molar-refractivity contribution in [3.8, 4) is 5.75 Å². The standard InChI is InChI=1S/C12H11ClN2O2S/c1-8-6-14-12(18-8)15-11(16)7-17-10-4-2-9(13)3-5-10/h2-6H,7H2,1H3,(H,14,15,16). The fraction of sp³-hybridized carbons (Fsp3) is 0.167. The Morgan fingerprint density at radius 3 is 2.78 bits per heavy atom. The Hall–Kier alpha value is -1.59. The lowest BCUT2D eigenvalue weighted by Gasteiger charge is -2.05. The number of carbonyl (C=O) groups is 1. The third-order valence-corrected chi connectivity index (χ3v) is 3.13. The predicted octanol–water partition coefficient (Wildman–Crippen LogP) is 3.12. The second-order valence-electron chi connectivity index (χ2n) is 3.57. The van der Waals surface area contributed by atoms with Crippen LogP contribution in [0.25, 0.3) is 0 Å². The summed E-state index contributed by atoms with van der Waals surface area (Å²) < 4.78 is 5.31. The first kappa shape index (κ1) is 12.9. The molecular weight excluding hydrogens is 272 g/mol. The number of anilines is 1. The molecule has 18 heavy (non-hydrogen) atoms. The highest BCUT2D eigenvalue weighted by atomic mass is 35.5. The SMILES string of the molecule is Cc1cnc(NC(=O)COc2ccc(Cl)cc2)s1. The summed E-state index contributed by atoms with van der Waals surface area (Å²) in [6, 6.07) is 6.84. The van der Waals surface area contributed by atoms with E-state index in [1.54, 1.807) is 30.5 Å². The van der Waals surface area contributed by atoms with Gasteiger partial charge in [0.15, 0.2) is 11.7 Å². The smallest absolute Gasteiger partial charge is 0.264 e. The van der Waals surface area contributed by atoms with E-state index in [2.05, 4.69) is 10.3 Å². The lowest BCUT2D eigenvalue weighted by Crippen LogP contribution is -2.19. The zero-order valence-corrected chi connectivity index (χ0v) is 11.2. The summed E-state index contributed by atoms with van der Waals surface area (Å²) in [7, 11) is 0. The van der Waals surface area contributed by atoms with Crippen molar-refractivity contribution < 1.29 is 9.53 Å². The van der Waals surface area contributed by atoms with Crippen LogP contribution in [0.3, 0.4) is 0 Å². The van der Waals surface area contributed by atoms with Crippen molar-refractivity contribution in [3.63, 3.8) is 0 Å². The lowest BCUT2D eigenvalue weighted by molar-refractivity contribution is -0.118. The Balaban J connectivity index is 1.83. The maximum absolute atomic E-state index is 11.6. The second-order valence-corrected chi connectivity index (χ2v) is 5.24. The molecule has 6 heteroatoms. The summed E-state index contributed by atoms with van der Waals surface area (Å²) in [5.74, 6) is 0.365. The van der Waals surface area contributed by atoms with Gasteiger partial charge in [0.1, 0.15) is 5.75 Å². The van der Waals surface area contributed by atoms with Crippen LogP contribution < -0.4 is 10.1 Å². The highest BCUT2D eigenvalue weighted by Crippen LogP contribution is 2.17. The third kappa shape index (κ3) is 3.72. The topological polar surface area (TPSA) is 51.2 Å². The molecule has 1 heterocycles. The zero-order chi connectivity index (χ0) is 13.0. The van der Waals surface area contributed by atoms with Crippen LogP contribution in [0.1, 0.15) is 4.88 Å². The van der Waals surface area contributed by atoms with E-state index in [0.717, 1.165) is 4.88 Å². The minimum absolute atomic E-state index is 0.0553. The van der Waals surface area contributed by atoms with E-state index in [4.69, 9.17) is 16.3 Å². The molecule has 1 aromatic heterocycles. The molecule has 4 nitrogen and oxygen atoms in total. The average Bonchev–Trinajstić information content (AvgIpc) is 2.74. The minimum Gasteiger partial charge on any atom is -0.484 e. The first-order valence-corrected chi connectivity index (χ1v) is 6.43. The molecule has 1 aromatic carbocycles. The largest absolute Gasteiger partial charge is 0.484 e. The number of nitrogens with one attached hydrogen (secondary N) is 1. The van der Waals surface area contributed by atoms with Crippen LogP contribution in [-0.2, 0) is 4.79 Å². The van der Waals surface area contributed by atoms with E-state index < -0.39 is 0 Å². The van der Waals surface area contributed by atoms with Crippen molar-refractivity contribution in [2.24, 2.45) is 0 Å². The van der Waals surface area contributed by atoms with Gasteiger partial charge in [0, 0.05) is 16.1 Å². The molecule has 0 saturated heterocycles. The maximum atomic E-state index is 11.6. The first-order valence-electron chi connectivity index (χ1n) is 5.24. The molecule has 0 radical (unpaired) electrons. The Morgan fingerprint density at radius 1 is 1.44 bits per heavy atom. The van der Waals surface area contributed by atoms with Crippen LogP contribution >= 0.6 is 22.9 Å². The molecule has 2 rings (SSSR count). The van der Waals surface area contributed by atoms with E-state index in [1.165, 1.54) is 11.3 Å². The molecule has 0 spiro atoms. The van der Waals surface area contributed by atoms with Crippen molar-refractivity contribution in [2.75, 3.05) is 11.9 Å². The zero-order valence-electron chi connectivity index (χ0n) is 9.64. The van der Waals surface area contributed by atoms with Gasteiger partial charge in [-0.2, -0.15) is 0 Å². The van der Waals surface area contributed by atoms with Crippen LogP contribution in [0, 0.1) is 6.92 Å². The number of thiazole rings is 1. The molecule has 0 fully saturated rings. The van der Waals surface area contributed by atoms with Gasteiger partial charge < -0.3 is 4.74 Å². The summed E-state index contributed by atoms with van der Waals surface area (Å²) in [6.45, 7) is 1.87. The number of carbonyl (C=O) groups excluding carboxylic acids is 1. The summed E-state index contributed by atoms with van der Waals surface area (Å²) in [5.41, 5.74) is 0. The van der Waals surface area contributed by atoms with Crippen molar-refractivity contribution in [1.82, 2.24) is 4.98 Å². The minimum atomic E-state index is -0.237. The van der Waals surface area contributed by atoms with Crippen LogP contribution in [0.5, 0.6) is 5.75 Å². The molecular formula is C12H11ClN2O2S. The van der Waals surface area contributed by atoms with E-state index in [-0.39, 0.29) is 12.5 Å². The molecule has 2 aromatic rings. The number of hydrogen-bond acceptors (Lipinski definition) is 4. The van der Waals surface area contributed by atoms with Gasteiger partial charge in [0.25, 0.3) is 5.91 Å². The summed E-state index contributed by atoms with van der Waals surface area (Å²) in [5, 5.41) is 3.87. The first-order chi connectivity index (χ1) is 8.63. The van der Waals surface area contributed by atoms with Crippen LogP contribution in [0.15, 0.2) is 30.5 Å². The third-order valence-electron chi connectivity index (χ3n) is 2.05. The Kier molecular flexibility index (Phi) is 4.17. The van der Waals surface area contributed by atoms with Gasteiger partial charge in [-0.05, 0) is 31.2 Å². The molecule has 0 unspecified atom stereocenters. The molecule has 0 atom stereocenters. The van der Waals surface area contributed by atoms with Gasteiger partial charge in [-0.1, -0.05) is 11.6 Å². The van der Waals surface area contributed by atoms with E-state index in [1.807, 2.05) is 6.92 Å². The molecule has 1 N–H and O–H groups in total. The second kappa shape index (κ2) is 5.84. The maximum Gasteiger partial charge on any atom is 0.264 e. The quantitative estimate of drug-likeness (QED) is 0.937. The van der Waals surface area contributed by atoms with Crippen molar-refractivity contribution in [1.29, 1.82) is 0 Å². The number of nitrogens with zero attached hydrogens (tertiary/aromatic N) is 1. The van der Waals surface area contributed by atoms with E-state index >= 15 is 0 Å². The summed E-state index contributed by atoms with van der Waals surface area (Å²) >= 11 is 7.17. The number of aromatic nitrogens is 1. The van der Waals surface area contributed by atoms with Crippen molar-refractivity contribution >= 4 is 34.0 Å². The Morgan fingerprint density at radius 2 is 2.17 bits per heavy atom. The number of rotatable bonds is 4. The van der Waals surface area contributed by atoms with Crippen LogP contribution in [0.2, 0.25) is 5.02 Å². The van der Waals surface area contributed by atoms with Gasteiger partial charge >= 0.3 is 0 Å². The fourth-order valence-electron chi connectivity index (χ4n) is 1.25. The predicted molar refractivity (Wildman–Crippen MR) is 72.4 cm³/mol. The van der Waals surface area contributed by atoms with E-state index in [0.29, 0.717) is 15.9 Å². The molecule has 0 aliphatic carbocycles. The van der Waals surface area contributed by atoms with Crippen LogP contribution in [0.4, 0.5) is 5.13 Å². The summed E-state index contributed by atoms with van der Waals surface area (Å²) in [4.78, 5) is 16.6. The average molecular weight is 283 g/mol. The number of halogens is 1. The van der Waals surface area contributed by atoms with Gasteiger partial charge in [-0.25, -0.2) is 4.98 Å². The number of hydrogen-bond donors (Lipinski definition) is 1. The number of aryl methyl sites for hydroxylation is 1. The number of ether oxygens (including phenoxy) is 1. The lowest BCUT2D eigenvalue weighted by atomic mass is 10.3. The molecule has 0 aliphatic heterocycles. The van der Waals surface area contributed by atoms with E-state index in [9.17, 15) is 4.79 Å². The van der Waals surface area contributed by atoms with Gasteiger partial charge in [0.05, 0.1) is 0 Å². The number of amides is 1. The Labute approximate surface area is 114 Å². The van der Waals surface area contributed by atoms with Crippen molar-refractivity contribution in [2.45, 2.75) is 6.92 Å². The van der Waals surface area contributed by atoms with Crippen molar-refractivity contribution in [3.05, 3.63) is 40.4 Å². The fourth-order valence-corrected chi connectivity index (χ4v) is 2.05. The molecule has 1 amide bonds.